The minimum absolute atomic E-state index is 0.164. The van der Waals surface area contributed by atoms with Crippen molar-refractivity contribution in [3.63, 3.8) is 0 Å². The molecule has 5 aromatic rings. The van der Waals surface area contributed by atoms with Crippen molar-refractivity contribution < 1.29 is 0 Å². The predicted octanol–water partition coefficient (Wildman–Crippen LogP) is 5.61. The highest BCUT2D eigenvalue weighted by molar-refractivity contribution is 7.16. The average Bonchev–Trinajstić information content (AvgIpc) is 3.18. The van der Waals surface area contributed by atoms with Gasteiger partial charge in [0.25, 0.3) is 5.56 Å². The van der Waals surface area contributed by atoms with E-state index in [1.807, 2.05) is 53.9 Å². The molecule has 0 unspecified atom stereocenters. The van der Waals surface area contributed by atoms with Crippen molar-refractivity contribution in [3.05, 3.63) is 86.7 Å². The second kappa shape index (κ2) is 6.55. The summed E-state index contributed by atoms with van der Waals surface area (Å²) in [6, 6.07) is 17.7. The third-order valence-corrected chi connectivity index (χ3v) is 6.06. The minimum Gasteiger partial charge on any atom is -0.267 e. The summed E-state index contributed by atoms with van der Waals surface area (Å²) in [4.78, 5) is 18.0. The van der Waals surface area contributed by atoms with Crippen LogP contribution in [0.4, 0.5) is 0 Å². The molecular weight excluding hydrogens is 390 g/mol. The van der Waals surface area contributed by atoms with Gasteiger partial charge in [-0.05, 0) is 29.1 Å². The summed E-state index contributed by atoms with van der Waals surface area (Å²) in [7, 11) is 0. The van der Waals surface area contributed by atoms with Crippen LogP contribution in [0.2, 0.25) is 5.02 Å². The van der Waals surface area contributed by atoms with Crippen LogP contribution in [0.25, 0.3) is 31.8 Å². The summed E-state index contributed by atoms with van der Waals surface area (Å²) in [5.41, 5.74) is 0.759. The fourth-order valence-corrected chi connectivity index (χ4v) is 4.64. The monoisotopic (exact) mass is 403 g/mol. The van der Waals surface area contributed by atoms with Gasteiger partial charge in [0.1, 0.15) is 10.7 Å². The Bertz CT molecular complexity index is 1410. The zero-order valence-electron chi connectivity index (χ0n) is 14.9. The highest BCUT2D eigenvalue weighted by Crippen LogP contribution is 2.35. The smallest absolute Gasteiger partial charge is 0.267 e. The van der Waals surface area contributed by atoms with Gasteiger partial charge in [-0.2, -0.15) is 9.78 Å². The van der Waals surface area contributed by atoms with E-state index in [1.165, 1.54) is 16.0 Å². The van der Waals surface area contributed by atoms with Crippen LogP contribution in [0.5, 0.6) is 0 Å². The van der Waals surface area contributed by atoms with Crippen molar-refractivity contribution in [3.8, 4) is 0 Å². The molecule has 0 aliphatic heterocycles. The van der Waals surface area contributed by atoms with Gasteiger partial charge in [-0.1, -0.05) is 60.1 Å². The Labute approximate surface area is 169 Å². The number of benzene rings is 3. The van der Waals surface area contributed by atoms with Crippen LogP contribution in [0.1, 0.15) is 11.4 Å². The van der Waals surface area contributed by atoms with E-state index >= 15 is 0 Å². The van der Waals surface area contributed by atoms with Crippen molar-refractivity contribution in [1.29, 1.82) is 0 Å². The van der Waals surface area contributed by atoms with Crippen molar-refractivity contribution >= 4 is 60.9 Å². The molecule has 2 heterocycles. The van der Waals surface area contributed by atoms with Crippen LogP contribution in [-0.4, -0.2) is 15.9 Å². The van der Waals surface area contributed by atoms with Gasteiger partial charge in [-0.25, -0.2) is 4.98 Å². The molecule has 5 rings (SSSR count). The SMILES string of the molecule is Cc1nc2sccc2c(=O)n1/N=C/c1c2ccccc2c(Cl)c2ccccc12. The predicted molar refractivity (Wildman–Crippen MR) is 118 cm³/mol. The standard InChI is InChI=1S/C22H14ClN3OS/c1-13-25-21-18(10-11-28-21)22(27)26(13)24-12-19-14-6-2-4-8-16(14)20(23)17-9-5-3-7-15(17)19/h2-12H,1H3/b24-12+. The Morgan fingerprint density at radius 1 is 0.964 bits per heavy atom. The molecule has 0 atom stereocenters. The number of hydrogen-bond donors (Lipinski definition) is 0. The molecule has 2 aromatic heterocycles. The van der Waals surface area contributed by atoms with Gasteiger partial charge < -0.3 is 0 Å². The van der Waals surface area contributed by atoms with E-state index < -0.39 is 0 Å². The Kier molecular flexibility index (Phi) is 4.00. The molecule has 0 spiro atoms. The first-order valence-electron chi connectivity index (χ1n) is 8.75. The number of aryl methyl sites for hydroxylation is 1. The van der Waals surface area contributed by atoms with Gasteiger partial charge in [0.2, 0.25) is 0 Å². The van der Waals surface area contributed by atoms with Gasteiger partial charge in [-0.15, -0.1) is 11.3 Å². The second-order valence-corrected chi connectivity index (χ2v) is 7.75. The maximum atomic E-state index is 12.8. The quantitative estimate of drug-likeness (QED) is 0.284. The van der Waals surface area contributed by atoms with Gasteiger partial charge in [0.15, 0.2) is 0 Å². The number of aromatic nitrogens is 2. The molecule has 136 valence electrons. The van der Waals surface area contributed by atoms with E-state index in [-0.39, 0.29) is 5.56 Å². The van der Waals surface area contributed by atoms with Crippen molar-refractivity contribution in [2.75, 3.05) is 0 Å². The lowest BCUT2D eigenvalue weighted by Gasteiger charge is -2.11. The lowest BCUT2D eigenvalue weighted by atomic mass is 9.97. The highest BCUT2D eigenvalue weighted by atomic mass is 35.5. The number of halogens is 1. The molecule has 0 bridgehead atoms. The van der Waals surface area contributed by atoms with E-state index in [2.05, 4.69) is 10.1 Å². The molecule has 3 aromatic carbocycles. The number of thiophene rings is 1. The molecule has 28 heavy (non-hydrogen) atoms. The number of rotatable bonds is 2. The van der Waals surface area contributed by atoms with Gasteiger partial charge in [0, 0.05) is 16.3 Å². The zero-order valence-corrected chi connectivity index (χ0v) is 16.5. The normalized spacial score (nSPS) is 11.9. The molecule has 0 fully saturated rings. The molecule has 0 saturated carbocycles. The Morgan fingerprint density at radius 2 is 1.57 bits per heavy atom. The van der Waals surface area contributed by atoms with E-state index in [0.717, 1.165) is 37.0 Å². The number of nitrogens with zero attached hydrogens (tertiary/aromatic N) is 3. The van der Waals surface area contributed by atoms with Crippen molar-refractivity contribution in [1.82, 2.24) is 9.66 Å². The second-order valence-electron chi connectivity index (χ2n) is 6.48. The molecule has 0 aliphatic rings. The van der Waals surface area contributed by atoms with Crippen LogP contribution in [0.3, 0.4) is 0 Å². The fraction of sp³-hybridized carbons (Fsp3) is 0.0455. The molecule has 0 saturated heterocycles. The van der Waals surface area contributed by atoms with E-state index in [4.69, 9.17) is 11.6 Å². The van der Waals surface area contributed by atoms with Gasteiger partial charge in [-0.3, -0.25) is 4.79 Å². The maximum Gasteiger partial charge on any atom is 0.282 e. The molecule has 0 amide bonds. The molecule has 0 aliphatic carbocycles. The van der Waals surface area contributed by atoms with Gasteiger partial charge in [0.05, 0.1) is 16.6 Å². The number of fused-ring (bicyclic) bond motifs is 3. The first kappa shape index (κ1) is 17.1. The first-order valence-corrected chi connectivity index (χ1v) is 10.0. The summed E-state index contributed by atoms with van der Waals surface area (Å²) in [5, 5.41) is 11.6. The molecule has 6 heteroatoms. The van der Waals surface area contributed by atoms with Crippen LogP contribution >= 0.6 is 22.9 Å². The lowest BCUT2D eigenvalue weighted by molar-refractivity contribution is 0.772. The number of hydrogen-bond acceptors (Lipinski definition) is 4. The van der Waals surface area contributed by atoms with Crippen LogP contribution in [0, 0.1) is 6.92 Å². The van der Waals surface area contributed by atoms with E-state index in [0.29, 0.717) is 11.2 Å². The Hall–Kier alpha value is -3.02. The van der Waals surface area contributed by atoms with Crippen molar-refractivity contribution in [2.24, 2.45) is 5.10 Å². The molecule has 0 N–H and O–H groups in total. The minimum atomic E-state index is -0.164. The first-order chi connectivity index (χ1) is 13.6. The summed E-state index contributed by atoms with van der Waals surface area (Å²) in [5.74, 6) is 0.554. The zero-order chi connectivity index (χ0) is 19.3. The Morgan fingerprint density at radius 3 is 2.21 bits per heavy atom. The van der Waals surface area contributed by atoms with E-state index in [1.54, 1.807) is 19.2 Å². The molecule has 0 radical (unpaired) electrons. The maximum absolute atomic E-state index is 12.8. The van der Waals surface area contributed by atoms with E-state index in [9.17, 15) is 4.79 Å². The van der Waals surface area contributed by atoms with Gasteiger partial charge >= 0.3 is 0 Å². The fourth-order valence-electron chi connectivity index (χ4n) is 3.51. The average molecular weight is 404 g/mol. The third-order valence-electron chi connectivity index (χ3n) is 4.85. The largest absolute Gasteiger partial charge is 0.282 e. The molecule has 4 nitrogen and oxygen atoms in total. The summed E-state index contributed by atoms with van der Waals surface area (Å²) in [6.07, 6.45) is 1.73. The summed E-state index contributed by atoms with van der Waals surface area (Å²) < 4.78 is 1.35. The van der Waals surface area contributed by atoms with Crippen molar-refractivity contribution in [2.45, 2.75) is 6.92 Å². The third kappa shape index (κ3) is 2.55. The van der Waals surface area contributed by atoms with Crippen LogP contribution < -0.4 is 5.56 Å². The Balaban J connectivity index is 1.80. The topological polar surface area (TPSA) is 47.2 Å². The van der Waals surface area contributed by atoms with Crippen LogP contribution in [-0.2, 0) is 0 Å². The molecular formula is C22H14ClN3OS. The summed E-state index contributed by atoms with van der Waals surface area (Å²) in [6.45, 7) is 1.79. The lowest BCUT2D eigenvalue weighted by Crippen LogP contribution is -2.19. The summed E-state index contributed by atoms with van der Waals surface area (Å²) >= 11 is 8.11. The highest BCUT2D eigenvalue weighted by Gasteiger charge is 2.12. The van der Waals surface area contributed by atoms with Crippen LogP contribution in [0.15, 0.2) is 69.9 Å².